The zero-order chi connectivity index (χ0) is 20.4. The van der Waals surface area contributed by atoms with Gasteiger partial charge in [-0.2, -0.15) is 4.39 Å². The lowest BCUT2D eigenvalue weighted by atomic mass is 9.71. The van der Waals surface area contributed by atoms with E-state index in [4.69, 9.17) is 9.47 Å². The first kappa shape index (κ1) is 21.2. The molecule has 1 aliphatic rings. The van der Waals surface area contributed by atoms with Crippen LogP contribution in [0.2, 0.25) is 0 Å². The minimum Gasteiger partial charge on any atom is -0.493 e. The quantitative estimate of drug-likeness (QED) is 0.448. The number of esters is 1. The molecular formula is C23H31FO3. The molecule has 0 bridgehead atoms. The average molecular weight is 374 g/mol. The fourth-order valence-electron chi connectivity index (χ4n) is 3.54. The Hall–Kier alpha value is -2.10. The highest BCUT2D eigenvalue weighted by Crippen LogP contribution is 2.45. The van der Waals surface area contributed by atoms with Crippen LogP contribution < -0.4 is 4.74 Å². The molecule has 2 rings (SSSR count). The first-order chi connectivity index (χ1) is 12.6. The normalized spacial score (nSPS) is 16.4. The minimum atomic E-state index is -0.935. The van der Waals surface area contributed by atoms with E-state index in [0.717, 1.165) is 12.0 Å². The van der Waals surface area contributed by atoms with Gasteiger partial charge in [0, 0.05) is 11.1 Å². The highest BCUT2D eigenvalue weighted by molar-refractivity contribution is 5.96. The van der Waals surface area contributed by atoms with Crippen molar-refractivity contribution in [1.29, 1.82) is 0 Å². The third kappa shape index (κ3) is 4.26. The maximum Gasteiger partial charge on any atom is 0.367 e. The van der Waals surface area contributed by atoms with Crippen molar-refractivity contribution in [1.82, 2.24) is 0 Å². The van der Waals surface area contributed by atoms with Crippen LogP contribution in [0.4, 0.5) is 4.39 Å². The van der Waals surface area contributed by atoms with E-state index < -0.39 is 11.8 Å². The summed E-state index contributed by atoms with van der Waals surface area (Å²) < 4.78 is 25.3. The van der Waals surface area contributed by atoms with Crippen LogP contribution in [0.5, 0.6) is 5.75 Å². The van der Waals surface area contributed by atoms with Gasteiger partial charge in [-0.25, -0.2) is 4.79 Å². The maximum absolute atomic E-state index is 14.7. The summed E-state index contributed by atoms with van der Waals surface area (Å²) in [5.74, 6) is -0.853. The molecule has 1 aromatic rings. The van der Waals surface area contributed by atoms with Crippen LogP contribution in [0, 0.1) is 5.92 Å². The fourth-order valence-corrected chi connectivity index (χ4v) is 3.54. The third-order valence-corrected chi connectivity index (χ3v) is 5.10. The third-order valence-electron chi connectivity index (χ3n) is 5.10. The smallest absolute Gasteiger partial charge is 0.367 e. The summed E-state index contributed by atoms with van der Waals surface area (Å²) in [6.45, 7) is 14.5. The van der Waals surface area contributed by atoms with E-state index in [-0.39, 0.29) is 17.6 Å². The summed E-state index contributed by atoms with van der Waals surface area (Å²) >= 11 is 0. The van der Waals surface area contributed by atoms with Gasteiger partial charge in [-0.15, -0.1) is 0 Å². The van der Waals surface area contributed by atoms with E-state index in [0.29, 0.717) is 23.8 Å². The van der Waals surface area contributed by atoms with Gasteiger partial charge in [-0.1, -0.05) is 33.8 Å². The topological polar surface area (TPSA) is 35.5 Å². The first-order valence-corrected chi connectivity index (χ1v) is 9.69. The van der Waals surface area contributed by atoms with Crippen LogP contribution in [-0.2, 0) is 14.9 Å². The summed E-state index contributed by atoms with van der Waals surface area (Å²) in [5, 5.41) is 0. The second-order valence-electron chi connectivity index (χ2n) is 7.89. The monoisotopic (exact) mass is 374 g/mol. The van der Waals surface area contributed by atoms with E-state index in [1.807, 2.05) is 19.1 Å². The molecule has 0 saturated carbocycles. The van der Waals surface area contributed by atoms with E-state index in [1.54, 1.807) is 13.8 Å². The van der Waals surface area contributed by atoms with Gasteiger partial charge < -0.3 is 9.47 Å². The number of hydrogen-bond donors (Lipinski definition) is 0. The highest BCUT2D eigenvalue weighted by atomic mass is 19.1. The zero-order valence-corrected chi connectivity index (χ0v) is 17.5. The van der Waals surface area contributed by atoms with Crippen molar-refractivity contribution in [3.05, 3.63) is 40.7 Å². The Balaban J connectivity index is 2.72. The van der Waals surface area contributed by atoms with Gasteiger partial charge in [-0.05, 0) is 67.4 Å². The molecule has 0 atom stereocenters. The highest BCUT2D eigenvalue weighted by Gasteiger charge is 2.31. The number of carbonyl (C=O) groups excluding carboxylic acids is 1. The van der Waals surface area contributed by atoms with Crippen LogP contribution in [-0.4, -0.2) is 19.2 Å². The lowest BCUT2D eigenvalue weighted by Gasteiger charge is -2.34. The van der Waals surface area contributed by atoms with Gasteiger partial charge in [0.25, 0.3) is 0 Å². The largest absolute Gasteiger partial charge is 0.493 e. The Morgan fingerprint density at radius 3 is 2.44 bits per heavy atom. The van der Waals surface area contributed by atoms with Crippen molar-refractivity contribution in [2.45, 2.75) is 60.3 Å². The van der Waals surface area contributed by atoms with Crippen LogP contribution in [0.3, 0.4) is 0 Å². The number of ether oxygens (including phenoxy) is 2. The molecule has 0 saturated heterocycles. The van der Waals surface area contributed by atoms with E-state index in [9.17, 15) is 9.18 Å². The minimum absolute atomic E-state index is 0.0323. The average Bonchev–Trinajstić information content (AvgIpc) is 2.60. The molecule has 0 fully saturated rings. The number of carbonyl (C=O) groups is 1. The standard InChI is InChI=1S/C23H31FO3/c1-8-26-20-13-19-18(16(14(3)4)10-11-23(19,6)7)12-17(20)15(5)21(24)22(25)27-9-2/h10,12-14H,8-9,11H2,1-7H3/b21-15+. The summed E-state index contributed by atoms with van der Waals surface area (Å²) in [6, 6.07) is 3.99. The van der Waals surface area contributed by atoms with Crippen LogP contribution in [0.15, 0.2) is 24.0 Å². The molecule has 0 amide bonds. The van der Waals surface area contributed by atoms with Gasteiger partial charge in [-0.3, -0.25) is 0 Å². The number of rotatable bonds is 6. The molecule has 4 heteroatoms. The zero-order valence-electron chi connectivity index (χ0n) is 17.5. The van der Waals surface area contributed by atoms with E-state index in [1.165, 1.54) is 11.1 Å². The number of hydrogen-bond acceptors (Lipinski definition) is 3. The van der Waals surface area contributed by atoms with Gasteiger partial charge in [0.05, 0.1) is 13.2 Å². The van der Waals surface area contributed by atoms with Gasteiger partial charge >= 0.3 is 5.97 Å². The summed E-state index contributed by atoms with van der Waals surface area (Å²) in [7, 11) is 0. The Morgan fingerprint density at radius 1 is 1.22 bits per heavy atom. The molecule has 0 aliphatic heterocycles. The molecule has 1 aromatic carbocycles. The molecule has 0 unspecified atom stereocenters. The van der Waals surface area contributed by atoms with Crippen molar-refractivity contribution in [3.8, 4) is 5.75 Å². The van der Waals surface area contributed by atoms with Crippen molar-refractivity contribution in [2.24, 2.45) is 5.92 Å². The second-order valence-corrected chi connectivity index (χ2v) is 7.89. The number of halogens is 1. The molecule has 0 heterocycles. The van der Waals surface area contributed by atoms with Crippen LogP contribution in [0.1, 0.15) is 71.6 Å². The Kier molecular flexibility index (Phi) is 6.50. The van der Waals surface area contributed by atoms with Crippen LogP contribution >= 0.6 is 0 Å². The number of fused-ring (bicyclic) bond motifs is 1. The predicted molar refractivity (Wildman–Crippen MR) is 108 cm³/mol. The Morgan fingerprint density at radius 2 is 1.89 bits per heavy atom. The molecular weight excluding hydrogens is 343 g/mol. The first-order valence-electron chi connectivity index (χ1n) is 9.69. The fraction of sp³-hybridized carbons (Fsp3) is 0.522. The summed E-state index contributed by atoms with van der Waals surface area (Å²) in [6.07, 6.45) is 3.22. The molecule has 0 aromatic heterocycles. The lowest BCUT2D eigenvalue weighted by Crippen LogP contribution is -2.23. The predicted octanol–water partition coefficient (Wildman–Crippen LogP) is 6.07. The number of benzene rings is 1. The molecule has 1 aliphatic carbocycles. The summed E-state index contributed by atoms with van der Waals surface area (Å²) in [4.78, 5) is 11.9. The molecule has 3 nitrogen and oxygen atoms in total. The van der Waals surface area contributed by atoms with Gasteiger partial charge in [0.2, 0.25) is 5.83 Å². The lowest BCUT2D eigenvalue weighted by molar-refractivity contribution is -0.140. The van der Waals surface area contributed by atoms with Crippen molar-refractivity contribution < 1.29 is 18.7 Å². The molecule has 0 spiro atoms. The summed E-state index contributed by atoms with van der Waals surface area (Å²) in [5.41, 5.74) is 4.37. The molecule has 0 radical (unpaired) electrons. The van der Waals surface area contributed by atoms with Gasteiger partial charge in [0.1, 0.15) is 5.75 Å². The molecule has 0 N–H and O–H groups in total. The molecule has 148 valence electrons. The second kappa shape index (κ2) is 8.28. The van der Waals surface area contributed by atoms with E-state index >= 15 is 0 Å². The Bertz CT molecular complexity index is 785. The van der Waals surface area contributed by atoms with E-state index in [2.05, 4.69) is 33.8 Å². The number of allylic oxidation sites excluding steroid dienone is 3. The van der Waals surface area contributed by atoms with Gasteiger partial charge in [0.15, 0.2) is 0 Å². The Labute approximate surface area is 162 Å². The van der Waals surface area contributed by atoms with Crippen molar-refractivity contribution in [2.75, 3.05) is 13.2 Å². The SMILES string of the molecule is CCOC(=O)/C(F)=C(/C)c1cc2c(cc1OCC)C(C)(C)CC=C2C(C)C. The maximum atomic E-state index is 14.7. The molecule has 27 heavy (non-hydrogen) atoms. The van der Waals surface area contributed by atoms with Crippen LogP contribution in [0.25, 0.3) is 11.1 Å². The van der Waals surface area contributed by atoms with Crippen molar-refractivity contribution >= 4 is 17.1 Å². The van der Waals surface area contributed by atoms with Crippen molar-refractivity contribution in [3.63, 3.8) is 0 Å².